The standard InChI is InChI=1S/C5H5.C3H7.2ClH.Zr/c1-2-4-5-3-1;1-3-2;;;/h1-3H,4H2;1,3H2,2H3;2*1H;/q2*-1;;;+4/p-2. The van der Waals surface area contributed by atoms with Crippen LogP contribution in [0.25, 0.3) is 0 Å². The summed E-state index contributed by atoms with van der Waals surface area (Å²) in [4.78, 5) is 0. The molecule has 3 heteroatoms. The Hall–Kier alpha value is 0.943. The van der Waals surface area contributed by atoms with E-state index in [0.717, 1.165) is 12.8 Å². The van der Waals surface area contributed by atoms with Crippen molar-refractivity contribution in [3.8, 4) is 0 Å². The smallest absolute Gasteiger partial charge is 1.00 e. The van der Waals surface area contributed by atoms with Crippen molar-refractivity contribution < 1.29 is 51.0 Å². The van der Waals surface area contributed by atoms with Gasteiger partial charge in [-0.05, 0) is 0 Å². The third-order valence-electron chi connectivity index (χ3n) is 0.586. The topological polar surface area (TPSA) is 0 Å². The predicted octanol–water partition coefficient (Wildman–Crippen LogP) is -3.46. The number of rotatable bonds is 0. The molecule has 0 spiro atoms. The summed E-state index contributed by atoms with van der Waals surface area (Å²) in [6.45, 7) is 5.50. The molecule has 0 aromatic heterocycles. The zero-order chi connectivity index (χ0) is 6.24. The second-order valence-corrected chi connectivity index (χ2v) is 1.50. The minimum Gasteiger partial charge on any atom is -1.00 e. The fraction of sp³-hybridized carbons (Fsp3) is 0.375. The van der Waals surface area contributed by atoms with Crippen molar-refractivity contribution in [1.82, 2.24) is 0 Å². The molecule has 0 aliphatic heterocycles. The van der Waals surface area contributed by atoms with Crippen molar-refractivity contribution in [1.29, 1.82) is 0 Å². The van der Waals surface area contributed by atoms with E-state index in [4.69, 9.17) is 0 Å². The van der Waals surface area contributed by atoms with Gasteiger partial charge in [0, 0.05) is 0 Å². The van der Waals surface area contributed by atoms with Gasteiger partial charge >= 0.3 is 26.2 Å². The van der Waals surface area contributed by atoms with Gasteiger partial charge in [-0.15, -0.1) is 6.42 Å². The van der Waals surface area contributed by atoms with Crippen LogP contribution in [0.15, 0.2) is 18.2 Å². The average Bonchev–Trinajstić information content (AvgIpc) is 2.17. The SMILES string of the molecule is [C-]1=CC=CC1.[CH2-]CC.[Cl-].[Cl-].[Zr+4]. The molecule has 0 unspecified atom stereocenters. The van der Waals surface area contributed by atoms with Crippen molar-refractivity contribution in [3.05, 3.63) is 31.2 Å². The quantitative estimate of drug-likeness (QED) is 0.402. The molecule has 0 aromatic rings. The molecule has 0 N–H and O–H groups in total. The molecule has 0 heterocycles. The summed E-state index contributed by atoms with van der Waals surface area (Å²) in [6.07, 6.45) is 11.0. The summed E-state index contributed by atoms with van der Waals surface area (Å²) in [6, 6.07) is 0. The van der Waals surface area contributed by atoms with Gasteiger partial charge in [0.1, 0.15) is 0 Å². The van der Waals surface area contributed by atoms with Crippen LogP contribution in [0.2, 0.25) is 0 Å². The van der Waals surface area contributed by atoms with Crippen LogP contribution in [0.4, 0.5) is 0 Å². The van der Waals surface area contributed by atoms with Gasteiger partial charge in [0.05, 0.1) is 0 Å². The Morgan fingerprint density at radius 1 is 1.45 bits per heavy atom. The summed E-state index contributed by atoms with van der Waals surface area (Å²) < 4.78 is 0. The van der Waals surface area contributed by atoms with E-state index in [2.05, 4.69) is 19.1 Å². The van der Waals surface area contributed by atoms with Crippen molar-refractivity contribution >= 4 is 0 Å². The molecule has 0 saturated carbocycles. The molecule has 0 bridgehead atoms. The molecule has 1 aliphatic carbocycles. The van der Waals surface area contributed by atoms with Gasteiger partial charge in [-0.2, -0.15) is 12.5 Å². The molecule has 0 saturated heterocycles. The third kappa shape index (κ3) is 24.8. The maximum Gasteiger partial charge on any atom is 4.00 e. The Morgan fingerprint density at radius 3 is 2.00 bits per heavy atom. The predicted molar refractivity (Wildman–Crippen MR) is 37.2 cm³/mol. The summed E-state index contributed by atoms with van der Waals surface area (Å²) in [5.74, 6) is 0. The van der Waals surface area contributed by atoms with Gasteiger partial charge < -0.3 is 31.7 Å². The van der Waals surface area contributed by atoms with Gasteiger partial charge in [-0.25, -0.2) is 12.2 Å². The second-order valence-electron chi connectivity index (χ2n) is 1.50. The van der Waals surface area contributed by atoms with E-state index >= 15 is 0 Å². The molecular weight excluding hydrogens is 258 g/mol. The third-order valence-corrected chi connectivity index (χ3v) is 0.586. The van der Waals surface area contributed by atoms with Crippen molar-refractivity contribution in [2.75, 3.05) is 0 Å². The summed E-state index contributed by atoms with van der Waals surface area (Å²) in [5, 5.41) is 0. The van der Waals surface area contributed by atoms with E-state index in [-0.39, 0.29) is 51.0 Å². The van der Waals surface area contributed by atoms with Crippen LogP contribution in [-0.4, -0.2) is 0 Å². The zero-order valence-corrected chi connectivity index (χ0v) is 10.6. The summed E-state index contributed by atoms with van der Waals surface area (Å²) >= 11 is 0. The first-order valence-electron chi connectivity index (χ1n) is 2.92. The van der Waals surface area contributed by atoms with Crippen molar-refractivity contribution in [2.24, 2.45) is 0 Å². The first-order chi connectivity index (χ1) is 3.91. The van der Waals surface area contributed by atoms with Crippen molar-refractivity contribution in [3.63, 3.8) is 0 Å². The molecule has 0 nitrogen and oxygen atoms in total. The average molecular weight is 270 g/mol. The molecule has 1 rings (SSSR count). The number of hydrogen-bond acceptors (Lipinski definition) is 0. The van der Waals surface area contributed by atoms with Crippen LogP contribution >= 0.6 is 0 Å². The van der Waals surface area contributed by atoms with Gasteiger partial charge in [-0.1, -0.05) is 6.92 Å². The molecule has 0 atom stereocenters. The molecule has 0 aromatic carbocycles. The zero-order valence-electron chi connectivity index (χ0n) is 6.61. The monoisotopic (exact) mass is 268 g/mol. The first-order valence-corrected chi connectivity index (χ1v) is 2.92. The second kappa shape index (κ2) is 22.4. The molecule has 0 radical (unpaired) electrons. The van der Waals surface area contributed by atoms with E-state index in [9.17, 15) is 0 Å². The van der Waals surface area contributed by atoms with E-state index in [1.165, 1.54) is 0 Å². The van der Waals surface area contributed by atoms with Crippen LogP contribution in [-0.2, 0) is 26.2 Å². The van der Waals surface area contributed by atoms with Gasteiger partial charge in [0.2, 0.25) is 0 Å². The Kier molecular flexibility index (Phi) is 46.2. The minimum absolute atomic E-state index is 0. The summed E-state index contributed by atoms with van der Waals surface area (Å²) in [5.41, 5.74) is 0. The molecule has 62 valence electrons. The van der Waals surface area contributed by atoms with Crippen LogP contribution < -0.4 is 24.8 Å². The minimum atomic E-state index is 0. The fourth-order valence-corrected chi connectivity index (χ4v) is 0.340. The molecule has 0 amide bonds. The summed E-state index contributed by atoms with van der Waals surface area (Å²) in [7, 11) is 0. The van der Waals surface area contributed by atoms with E-state index < -0.39 is 0 Å². The number of halogens is 2. The van der Waals surface area contributed by atoms with E-state index in [1.807, 2.05) is 19.1 Å². The number of allylic oxidation sites excluding steroid dienone is 4. The maximum atomic E-state index is 3.49. The Labute approximate surface area is 101 Å². The van der Waals surface area contributed by atoms with E-state index in [0.29, 0.717) is 0 Å². The van der Waals surface area contributed by atoms with Gasteiger partial charge in [0.25, 0.3) is 0 Å². The Morgan fingerprint density at radius 2 is 1.91 bits per heavy atom. The largest absolute Gasteiger partial charge is 4.00 e. The molecule has 11 heavy (non-hydrogen) atoms. The van der Waals surface area contributed by atoms with E-state index in [1.54, 1.807) is 0 Å². The van der Waals surface area contributed by atoms with Crippen LogP contribution in [0, 0.1) is 13.0 Å². The van der Waals surface area contributed by atoms with Gasteiger partial charge in [0.15, 0.2) is 0 Å². The molecular formula is C8H12Cl2Zr. The van der Waals surface area contributed by atoms with Crippen LogP contribution in [0.1, 0.15) is 19.8 Å². The Balaban J connectivity index is -0.0000000379. The van der Waals surface area contributed by atoms with Crippen molar-refractivity contribution in [2.45, 2.75) is 19.8 Å². The first kappa shape index (κ1) is 22.7. The molecule has 1 aliphatic rings. The van der Waals surface area contributed by atoms with Crippen LogP contribution in [0.3, 0.4) is 0 Å². The van der Waals surface area contributed by atoms with Gasteiger partial charge in [-0.3, -0.25) is 6.08 Å². The maximum absolute atomic E-state index is 3.49. The Bertz CT molecular complexity index is 80.1. The molecule has 0 fully saturated rings. The van der Waals surface area contributed by atoms with Crippen LogP contribution in [0.5, 0.6) is 0 Å². The number of hydrogen-bond donors (Lipinski definition) is 0. The fourth-order valence-electron chi connectivity index (χ4n) is 0.340. The normalized spacial score (nSPS) is 9.64.